The van der Waals surface area contributed by atoms with Gasteiger partial charge in [-0.1, -0.05) is 0 Å². The van der Waals surface area contributed by atoms with Gasteiger partial charge in [0, 0.05) is 12.7 Å². The first-order valence-corrected chi connectivity index (χ1v) is 6.43. The van der Waals surface area contributed by atoms with Gasteiger partial charge < -0.3 is 15.4 Å². The predicted octanol–water partition coefficient (Wildman–Crippen LogP) is 0.738. The zero-order valence-electron chi connectivity index (χ0n) is 10.8. The molecule has 18 heavy (non-hydrogen) atoms. The fraction of sp³-hybridized carbons (Fsp3) is 0.667. The highest BCUT2D eigenvalue weighted by molar-refractivity contribution is 5.92. The number of ether oxygens (including phenoxy) is 1. The van der Waals surface area contributed by atoms with Crippen molar-refractivity contribution < 1.29 is 9.53 Å². The molecule has 0 aromatic carbocycles. The number of hydrogen-bond acceptors (Lipinski definition) is 5. The summed E-state index contributed by atoms with van der Waals surface area (Å²) < 4.78 is 6.62. The van der Waals surface area contributed by atoms with Gasteiger partial charge in [0.15, 0.2) is 5.69 Å². The van der Waals surface area contributed by atoms with Crippen LogP contribution in [0, 0.1) is 0 Å². The highest BCUT2D eigenvalue weighted by Gasteiger charge is 2.16. The summed E-state index contributed by atoms with van der Waals surface area (Å²) in [7, 11) is 0. The van der Waals surface area contributed by atoms with Crippen molar-refractivity contribution in [3.8, 4) is 0 Å². The van der Waals surface area contributed by atoms with Crippen molar-refractivity contribution >= 4 is 11.7 Å². The molecule has 1 aliphatic heterocycles. The van der Waals surface area contributed by atoms with Gasteiger partial charge in [-0.25, -0.2) is 4.79 Å². The van der Waals surface area contributed by atoms with Crippen molar-refractivity contribution in [3.63, 3.8) is 0 Å². The van der Waals surface area contributed by atoms with Gasteiger partial charge in [0.2, 0.25) is 0 Å². The topological polar surface area (TPSA) is 73.4 Å². The average molecular weight is 252 g/mol. The zero-order valence-corrected chi connectivity index (χ0v) is 10.8. The number of hydrogen-bond donors (Lipinski definition) is 1. The molecule has 0 amide bonds. The Hall–Kier alpha value is -1.56. The molecule has 0 saturated carbocycles. The number of likely N-dealkylation sites (tertiary alicyclic amines) is 1. The molecule has 1 aromatic heterocycles. The Bertz CT molecular complexity index is 410. The first kappa shape index (κ1) is 12.9. The minimum Gasteiger partial charge on any atom is -0.461 e. The van der Waals surface area contributed by atoms with Crippen molar-refractivity contribution in [1.29, 1.82) is 0 Å². The van der Waals surface area contributed by atoms with Crippen molar-refractivity contribution in [2.45, 2.75) is 26.3 Å². The van der Waals surface area contributed by atoms with E-state index in [9.17, 15) is 4.79 Å². The predicted molar refractivity (Wildman–Crippen MR) is 68.3 cm³/mol. The number of carbonyl (C=O) groups excluding carboxylic acids is 1. The van der Waals surface area contributed by atoms with Crippen LogP contribution in [0.4, 0.5) is 5.69 Å². The Balaban J connectivity index is 1.93. The summed E-state index contributed by atoms with van der Waals surface area (Å²) in [6, 6.07) is 0. The molecule has 0 atom stereocenters. The Morgan fingerprint density at radius 3 is 2.83 bits per heavy atom. The summed E-state index contributed by atoms with van der Waals surface area (Å²) in [6.07, 6.45) is 4.24. The molecule has 1 fully saturated rings. The molecule has 0 spiro atoms. The van der Waals surface area contributed by atoms with Gasteiger partial charge in [0.05, 0.1) is 18.8 Å². The van der Waals surface area contributed by atoms with Crippen LogP contribution in [0.25, 0.3) is 0 Å². The van der Waals surface area contributed by atoms with Gasteiger partial charge in [0.1, 0.15) is 0 Å². The summed E-state index contributed by atoms with van der Waals surface area (Å²) in [6.45, 7) is 6.10. The first-order valence-electron chi connectivity index (χ1n) is 6.43. The Labute approximate surface area is 107 Å². The number of nitrogens with zero attached hydrogens (tertiary/aromatic N) is 3. The van der Waals surface area contributed by atoms with Crippen LogP contribution in [0.15, 0.2) is 6.20 Å². The SMILES string of the molecule is CCOC(=O)c1nn(CCN2CCCC2)cc1N. The summed E-state index contributed by atoms with van der Waals surface area (Å²) in [4.78, 5) is 13.9. The van der Waals surface area contributed by atoms with Crippen molar-refractivity contribution in [1.82, 2.24) is 14.7 Å². The molecule has 0 bridgehead atoms. The van der Waals surface area contributed by atoms with E-state index in [4.69, 9.17) is 10.5 Å². The molecule has 6 nitrogen and oxygen atoms in total. The maximum absolute atomic E-state index is 11.6. The molecule has 0 radical (unpaired) electrons. The van der Waals surface area contributed by atoms with Crippen molar-refractivity contribution in [2.24, 2.45) is 0 Å². The van der Waals surface area contributed by atoms with Crippen LogP contribution in [-0.4, -0.2) is 46.9 Å². The van der Waals surface area contributed by atoms with Crippen LogP contribution in [-0.2, 0) is 11.3 Å². The van der Waals surface area contributed by atoms with E-state index in [0.717, 1.165) is 26.2 Å². The lowest BCUT2D eigenvalue weighted by Crippen LogP contribution is -2.24. The van der Waals surface area contributed by atoms with E-state index < -0.39 is 5.97 Å². The second kappa shape index (κ2) is 5.86. The molecule has 1 saturated heterocycles. The summed E-state index contributed by atoms with van der Waals surface area (Å²) in [5.41, 5.74) is 6.36. The second-order valence-electron chi connectivity index (χ2n) is 4.47. The quantitative estimate of drug-likeness (QED) is 0.782. The largest absolute Gasteiger partial charge is 0.461 e. The van der Waals surface area contributed by atoms with E-state index in [1.165, 1.54) is 12.8 Å². The van der Waals surface area contributed by atoms with Gasteiger partial charge in [-0.2, -0.15) is 5.10 Å². The number of carbonyl (C=O) groups is 1. The third-order valence-corrected chi connectivity index (χ3v) is 3.10. The van der Waals surface area contributed by atoms with Gasteiger partial charge in [-0.3, -0.25) is 4.68 Å². The number of anilines is 1. The van der Waals surface area contributed by atoms with Crippen LogP contribution in [0.2, 0.25) is 0 Å². The standard InChI is InChI=1S/C12H20N4O2/c1-2-18-12(17)11-10(13)9-16(14-11)8-7-15-5-3-4-6-15/h9H,2-8,13H2,1H3. The maximum Gasteiger partial charge on any atom is 0.361 e. The molecule has 2 heterocycles. The van der Waals surface area contributed by atoms with Crippen molar-refractivity contribution in [3.05, 3.63) is 11.9 Å². The molecule has 1 aliphatic rings. The fourth-order valence-electron chi connectivity index (χ4n) is 2.16. The third kappa shape index (κ3) is 3.01. The highest BCUT2D eigenvalue weighted by atomic mass is 16.5. The van der Waals surface area contributed by atoms with E-state index in [1.54, 1.807) is 17.8 Å². The second-order valence-corrected chi connectivity index (χ2v) is 4.47. The van der Waals surface area contributed by atoms with E-state index >= 15 is 0 Å². The fourth-order valence-corrected chi connectivity index (χ4v) is 2.16. The zero-order chi connectivity index (χ0) is 13.0. The molecule has 2 N–H and O–H groups in total. The van der Waals surface area contributed by atoms with Crippen LogP contribution in [0.3, 0.4) is 0 Å². The smallest absolute Gasteiger partial charge is 0.361 e. The monoisotopic (exact) mass is 252 g/mol. The molecule has 0 aliphatic carbocycles. The lowest BCUT2D eigenvalue weighted by molar-refractivity contribution is 0.0519. The summed E-state index contributed by atoms with van der Waals surface area (Å²) >= 11 is 0. The number of aromatic nitrogens is 2. The van der Waals surface area contributed by atoms with Gasteiger partial charge in [-0.15, -0.1) is 0 Å². The number of nitrogens with two attached hydrogens (primary N) is 1. The molecule has 0 unspecified atom stereocenters. The van der Waals surface area contributed by atoms with Crippen LogP contribution >= 0.6 is 0 Å². The average Bonchev–Trinajstić information content (AvgIpc) is 2.96. The van der Waals surface area contributed by atoms with Gasteiger partial charge in [-0.05, 0) is 32.9 Å². The van der Waals surface area contributed by atoms with Crippen molar-refractivity contribution in [2.75, 3.05) is 32.0 Å². The van der Waals surface area contributed by atoms with E-state index in [-0.39, 0.29) is 5.69 Å². The highest BCUT2D eigenvalue weighted by Crippen LogP contribution is 2.12. The summed E-state index contributed by atoms with van der Waals surface area (Å²) in [5.74, 6) is -0.449. The summed E-state index contributed by atoms with van der Waals surface area (Å²) in [5, 5.41) is 4.18. The van der Waals surface area contributed by atoms with Gasteiger partial charge >= 0.3 is 5.97 Å². The lowest BCUT2D eigenvalue weighted by Gasteiger charge is -2.13. The third-order valence-electron chi connectivity index (χ3n) is 3.10. The molecule has 100 valence electrons. The maximum atomic E-state index is 11.6. The molecular weight excluding hydrogens is 232 g/mol. The van der Waals surface area contributed by atoms with E-state index in [1.807, 2.05) is 0 Å². The first-order chi connectivity index (χ1) is 8.70. The van der Waals surface area contributed by atoms with Crippen LogP contribution < -0.4 is 5.73 Å². The minimum absolute atomic E-state index is 0.221. The number of nitrogen functional groups attached to an aromatic ring is 1. The Kier molecular flexibility index (Phi) is 4.19. The molecule has 6 heteroatoms. The molecular formula is C12H20N4O2. The van der Waals surface area contributed by atoms with E-state index in [2.05, 4.69) is 10.00 Å². The normalized spacial score (nSPS) is 16.1. The van der Waals surface area contributed by atoms with Crippen LogP contribution in [0.5, 0.6) is 0 Å². The van der Waals surface area contributed by atoms with Crippen LogP contribution in [0.1, 0.15) is 30.3 Å². The minimum atomic E-state index is -0.449. The Morgan fingerprint density at radius 1 is 1.44 bits per heavy atom. The molecule has 1 aromatic rings. The molecule has 2 rings (SSSR count). The van der Waals surface area contributed by atoms with Gasteiger partial charge in [0.25, 0.3) is 0 Å². The number of rotatable bonds is 5. The Morgan fingerprint density at radius 2 is 2.17 bits per heavy atom. The lowest BCUT2D eigenvalue weighted by atomic mass is 10.4. The number of esters is 1. The van der Waals surface area contributed by atoms with E-state index in [0.29, 0.717) is 12.3 Å².